The first-order chi connectivity index (χ1) is 6.77. The molecule has 0 nitrogen and oxygen atoms in total. The molecule has 0 N–H and O–H groups in total. The molecule has 2 heteroatoms. The summed E-state index contributed by atoms with van der Waals surface area (Å²) in [5, 5.41) is 0. The molecule has 0 heterocycles. The summed E-state index contributed by atoms with van der Waals surface area (Å²) >= 11 is 9.08. The van der Waals surface area contributed by atoms with E-state index in [1.807, 2.05) is 0 Å². The van der Waals surface area contributed by atoms with Gasteiger partial charge in [-0.25, -0.2) is 0 Å². The van der Waals surface area contributed by atoms with Gasteiger partial charge in [0.25, 0.3) is 0 Å². The predicted molar refractivity (Wildman–Crippen MR) is 67.9 cm³/mol. The molecule has 0 aliphatic heterocycles. The van der Waals surface area contributed by atoms with E-state index in [1.165, 1.54) is 11.1 Å². The smallest absolute Gasteiger partial charge is 0.0258 e. The molecule has 1 rings (SSSR count). The van der Waals surface area contributed by atoms with E-state index in [0.29, 0.717) is 5.88 Å². The monoisotopic (exact) mass is 272 g/mol. The van der Waals surface area contributed by atoms with Crippen LogP contribution in [0.2, 0.25) is 0 Å². The van der Waals surface area contributed by atoms with Gasteiger partial charge in [-0.2, -0.15) is 0 Å². The van der Waals surface area contributed by atoms with Crippen molar-refractivity contribution in [3.8, 4) is 0 Å². The van der Waals surface area contributed by atoms with Crippen molar-refractivity contribution in [1.29, 1.82) is 0 Å². The normalized spacial score (nSPS) is 11.1. The summed E-state index contributed by atoms with van der Waals surface area (Å²) < 4.78 is 1.14. The molecule has 0 radical (unpaired) electrons. The van der Waals surface area contributed by atoms with Gasteiger partial charge in [0.15, 0.2) is 0 Å². The van der Waals surface area contributed by atoms with Gasteiger partial charge in [0.2, 0.25) is 0 Å². The molecular formula is C12H14BrCl. The maximum Gasteiger partial charge on any atom is 0.0258 e. The Morgan fingerprint density at radius 2 is 2.21 bits per heavy atom. The topological polar surface area (TPSA) is 0 Å². The number of hydrogen-bond donors (Lipinski definition) is 0. The van der Waals surface area contributed by atoms with Crippen LogP contribution >= 0.6 is 27.5 Å². The molecule has 0 amide bonds. The largest absolute Gasteiger partial charge is 0.126 e. The van der Waals surface area contributed by atoms with E-state index in [-0.39, 0.29) is 0 Å². The van der Waals surface area contributed by atoms with Crippen LogP contribution in [0.4, 0.5) is 0 Å². The number of alkyl halides is 1. The summed E-state index contributed by atoms with van der Waals surface area (Å²) in [5.74, 6) is 0.689. The molecule has 0 spiro atoms. The van der Waals surface area contributed by atoms with Crippen LogP contribution in [0.15, 0.2) is 28.7 Å². The molecule has 76 valence electrons. The number of aryl methyl sites for hydroxylation is 1. The molecule has 0 atom stereocenters. The van der Waals surface area contributed by atoms with E-state index in [9.17, 15) is 0 Å². The van der Waals surface area contributed by atoms with Crippen molar-refractivity contribution < 1.29 is 0 Å². The van der Waals surface area contributed by atoms with Crippen molar-refractivity contribution in [2.45, 2.75) is 19.8 Å². The first kappa shape index (κ1) is 11.8. The molecule has 14 heavy (non-hydrogen) atoms. The second kappa shape index (κ2) is 6.26. The van der Waals surface area contributed by atoms with E-state index >= 15 is 0 Å². The Morgan fingerprint density at radius 3 is 2.86 bits per heavy atom. The van der Waals surface area contributed by atoms with E-state index in [4.69, 9.17) is 11.6 Å². The number of hydrogen-bond acceptors (Lipinski definition) is 0. The second-order valence-electron chi connectivity index (χ2n) is 3.08. The Kier molecular flexibility index (Phi) is 5.28. The SMILES string of the molecule is CCc1cc(Br)ccc1C=CCCCl. The second-order valence-corrected chi connectivity index (χ2v) is 4.37. The molecule has 0 unspecified atom stereocenters. The van der Waals surface area contributed by atoms with Crippen molar-refractivity contribution in [1.82, 2.24) is 0 Å². The third-order valence-electron chi connectivity index (χ3n) is 2.06. The van der Waals surface area contributed by atoms with Gasteiger partial charge in [-0.05, 0) is 36.1 Å². The van der Waals surface area contributed by atoms with E-state index in [0.717, 1.165) is 17.3 Å². The van der Waals surface area contributed by atoms with Crippen molar-refractivity contribution >= 4 is 33.6 Å². The van der Waals surface area contributed by atoms with Crippen LogP contribution in [-0.4, -0.2) is 5.88 Å². The van der Waals surface area contributed by atoms with E-state index in [2.05, 4.69) is 53.2 Å². The van der Waals surface area contributed by atoms with Gasteiger partial charge in [-0.1, -0.05) is 41.1 Å². The highest BCUT2D eigenvalue weighted by molar-refractivity contribution is 9.10. The standard InChI is InChI=1S/C12H14BrCl/c1-2-10-9-12(13)7-6-11(10)5-3-4-8-14/h3,5-7,9H,2,4,8H2,1H3. The van der Waals surface area contributed by atoms with Crippen LogP contribution in [0.3, 0.4) is 0 Å². The van der Waals surface area contributed by atoms with Crippen LogP contribution in [0.5, 0.6) is 0 Å². The maximum atomic E-state index is 5.61. The van der Waals surface area contributed by atoms with Crippen LogP contribution in [0, 0.1) is 0 Å². The fraction of sp³-hybridized carbons (Fsp3) is 0.333. The molecule has 0 fully saturated rings. The lowest BCUT2D eigenvalue weighted by atomic mass is 10.0. The minimum atomic E-state index is 0.689. The molecule has 1 aromatic carbocycles. The van der Waals surface area contributed by atoms with Crippen LogP contribution < -0.4 is 0 Å². The first-order valence-corrected chi connectivity index (χ1v) is 6.11. The molecule has 0 saturated carbocycles. The highest BCUT2D eigenvalue weighted by Gasteiger charge is 1.97. The number of rotatable bonds is 4. The molecular weight excluding hydrogens is 259 g/mol. The molecule has 1 aromatic rings. The quantitative estimate of drug-likeness (QED) is 0.700. The average molecular weight is 274 g/mol. The van der Waals surface area contributed by atoms with Gasteiger partial charge in [-0.3, -0.25) is 0 Å². The summed E-state index contributed by atoms with van der Waals surface area (Å²) in [6.07, 6.45) is 6.25. The van der Waals surface area contributed by atoms with Gasteiger partial charge in [-0.15, -0.1) is 11.6 Å². The van der Waals surface area contributed by atoms with Gasteiger partial charge in [0.05, 0.1) is 0 Å². The first-order valence-electron chi connectivity index (χ1n) is 4.79. The Balaban J connectivity index is 2.85. The summed E-state index contributed by atoms with van der Waals surface area (Å²) in [7, 11) is 0. The lowest BCUT2D eigenvalue weighted by Crippen LogP contribution is -1.85. The molecule has 0 saturated heterocycles. The van der Waals surface area contributed by atoms with Gasteiger partial charge in [0.1, 0.15) is 0 Å². The fourth-order valence-corrected chi connectivity index (χ4v) is 1.85. The molecule has 0 aliphatic carbocycles. The highest BCUT2D eigenvalue weighted by atomic mass is 79.9. The minimum absolute atomic E-state index is 0.689. The third-order valence-corrected chi connectivity index (χ3v) is 2.77. The van der Waals surface area contributed by atoms with Crippen LogP contribution in [-0.2, 0) is 6.42 Å². The predicted octanol–water partition coefficient (Wildman–Crippen LogP) is 4.65. The lowest BCUT2D eigenvalue weighted by molar-refractivity contribution is 1.13. The van der Waals surface area contributed by atoms with Crippen molar-refractivity contribution in [2.75, 3.05) is 5.88 Å². The van der Waals surface area contributed by atoms with Crippen molar-refractivity contribution in [3.63, 3.8) is 0 Å². The van der Waals surface area contributed by atoms with Crippen LogP contribution in [0.1, 0.15) is 24.5 Å². The maximum absolute atomic E-state index is 5.61. The summed E-state index contributed by atoms with van der Waals surface area (Å²) in [6, 6.07) is 6.37. The lowest BCUT2D eigenvalue weighted by Gasteiger charge is -2.03. The minimum Gasteiger partial charge on any atom is -0.126 e. The molecule has 0 aliphatic rings. The Labute approximate surface area is 99.1 Å². The zero-order valence-corrected chi connectivity index (χ0v) is 10.6. The number of allylic oxidation sites excluding steroid dienone is 1. The van der Waals surface area contributed by atoms with Gasteiger partial charge < -0.3 is 0 Å². The van der Waals surface area contributed by atoms with Crippen molar-refractivity contribution in [3.05, 3.63) is 39.9 Å². The number of benzene rings is 1. The summed E-state index contributed by atoms with van der Waals surface area (Å²) in [6.45, 7) is 2.17. The Hall–Kier alpha value is -0.270. The van der Waals surface area contributed by atoms with Gasteiger partial charge in [0, 0.05) is 10.4 Å². The van der Waals surface area contributed by atoms with E-state index in [1.54, 1.807) is 0 Å². The highest BCUT2D eigenvalue weighted by Crippen LogP contribution is 2.18. The zero-order chi connectivity index (χ0) is 10.4. The molecule has 0 bridgehead atoms. The van der Waals surface area contributed by atoms with Crippen molar-refractivity contribution in [2.24, 2.45) is 0 Å². The summed E-state index contributed by atoms with van der Waals surface area (Å²) in [4.78, 5) is 0. The zero-order valence-electron chi connectivity index (χ0n) is 8.26. The summed E-state index contributed by atoms with van der Waals surface area (Å²) in [5.41, 5.74) is 2.66. The number of halogens is 2. The fourth-order valence-electron chi connectivity index (χ4n) is 1.32. The Bertz CT molecular complexity index is 318. The Morgan fingerprint density at radius 1 is 1.43 bits per heavy atom. The molecule has 0 aromatic heterocycles. The van der Waals surface area contributed by atoms with E-state index < -0.39 is 0 Å². The van der Waals surface area contributed by atoms with Gasteiger partial charge >= 0.3 is 0 Å². The van der Waals surface area contributed by atoms with Crippen LogP contribution in [0.25, 0.3) is 6.08 Å². The average Bonchev–Trinajstić information content (AvgIpc) is 2.20. The third kappa shape index (κ3) is 3.47.